The van der Waals surface area contributed by atoms with Crippen LogP contribution in [0.1, 0.15) is 15.9 Å². The molecule has 1 fully saturated rings. The van der Waals surface area contributed by atoms with Gasteiger partial charge in [-0.25, -0.2) is 0 Å². The Morgan fingerprint density at radius 1 is 1.00 bits per heavy atom. The highest BCUT2D eigenvalue weighted by Gasteiger charge is 2.24. The van der Waals surface area contributed by atoms with Crippen LogP contribution in [-0.2, 0) is 4.74 Å². The van der Waals surface area contributed by atoms with Gasteiger partial charge < -0.3 is 9.47 Å². The van der Waals surface area contributed by atoms with Crippen molar-refractivity contribution in [3.05, 3.63) is 90.0 Å². The molecule has 1 atom stereocenters. The molecule has 1 saturated heterocycles. The molecule has 0 N–H and O–H groups in total. The Bertz CT molecular complexity index is 921. The van der Waals surface area contributed by atoms with Crippen LogP contribution in [0.2, 0.25) is 0 Å². The fourth-order valence-electron chi connectivity index (χ4n) is 2.95. The molecule has 1 heterocycles. The van der Waals surface area contributed by atoms with Gasteiger partial charge in [0.05, 0.1) is 6.61 Å². The zero-order chi connectivity index (χ0) is 18.6. The zero-order valence-corrected chi connectivity index (χ0v) is 15.2. The van der Waals surface area contributed by atoms with E-state index in [1.165, 1.54) is 0 Å². The van der Waals surface area contributed by atoms with Gasteiger partial charge in [-0.1, -0.05) is 36.4 Å². The van der Waals surface area contributed by atoms with E-state index in [-0.39, 0.29) is 12.0 Å². The molecule has 1 amide bonds. The van der Waals surface area contributed by atoms with Crippen molar-refractivity contribution in [1.82, 2.24) is 0 Å². The minimum atomic E-state index is -0.0683. The SMILES string of the molecule is Cc1cc(N(C(=O)c2ccccc2)c2ccccc2)ccc1OCC1CO1. The number of benzene rings is 3. The van der Waals surface area contributed by atoms with Gasteiger partial charge in [0.2, 0.25) is 0 Å². The van der Waals surface area contributed by atoms with Crippen molar-refractivity contribution in [2.45, 2.75) is 13.0 Å². The summed E-state index contributed by atoms with van der Waals surface area (Å²) >= 11 is 0. The van der Waals surface area contributed by atoms with Crippen molar-refractivity contribution in [2.75, 3.05) is 18.1 Å². The lowest BCUT2D eigenvalue weighted by Gasteiger charge is -2.24. The molecule has 3 aromatic carbocycles. The molecular weight excluding hydrogens is 338 g/mol. The number of para-hydroxylation sites is 1. The summed E-state index contributed by atoms with van der Waals surface area (Å²) in [4.78, 5) is 15.0. The third-order valence-corrected chi connectivity index (χ3v) is 4.48. The van der Waals surface area contributed by atoms with Crippen molar-refractivity contribution in [3.63, 3.8) is 0 Å². The van der Waals surface area contributed by atoms with E-state index in [9.17, 15) is 4.79 Å². The fraction of sp³-hybridized carbons (Fsp3) is 0.174. The summed E-state index contributed by atoms with van der Waals surface area (Å²) in [5.41, 5.74) is 3.26. The third kappa shape index (κ3) is 4.01. The molecule has 1 aliphatic heterocycles. The molecular formula is C23H21NO3. The first-order valence-electron chi connectivity index (χ1n) is 9.02. The number of hydrogen-bond donors (Lipinski definition) is 0. The summed E-state index contributed by atoms with van der Waals surface area (Å²) in [6.07, 6.45) is 0.213. The lowest BCUT2D eigenvalue weighted by Crippen LogP contribution is -2.26. The predicted octanol–water partition coefficient (Wildman–Crippen LogP) is 4.75. The van der Waals surface area contributed by atoms with Gasteiger partial charge in [-0.15, -0.1) is 0 Å². The summed E-state index contributed by atoms with van der Waals surface area (Å²) in [6, 6.07) is 24.8. The van der Waals surface area contributed by atoms with E-state index >= 15 is 0 Å². The molecule has 0 bridgehead atoms. The molecule has 0 spiro atoms. The van der Waals surface area contributed by atoms with E-state index in [1.54, 1.807) is 4.90 Å². The highest BCUT2D eigenvalue weighted by atomic mass is 16.6. The number of aryl methyl sites for hydroxylation is 1. The number of hydrogen-bond acceptors (Lipinski definition) is 3. The van der Waals surface area contributed by atoms with Gasteiger partial charge >= 0.3 is 0 Å². The number of carbonyl (C=O) groups is 1. The van der Waals surface area contributed by atoms with Crippen LogP contribution in [0.5, 0.6) is 5.75 Å². The van der Waals surface area contributed by atoms with Crippen LogP contribution in [0.15, 0.2) is 78.9 Å². The summed E-state index contributed by atoms with van der Waals surface area (Å²) in [6.45, 7) is 3.32. The maximum absolute atomic E-state index is 13.2. The number of amides is 1. The number of nitrogens with zero attached hydrogens (tertiary/aromatic N) is 1. The summed E-state index contributed by atoms with van der Waals surface area (Å²) in [5.74, 6) is 0.746. The Morgan fingerprint density at radius 3 is 2.30 bits per heavy atom. The standard InChI is InChI=1S/C23H21NO3/c1-17-14-20(12-13-22(17)27-16-21-15-26-21)24(19-10-6-3-7-11-19)23(25)18-8-4-2-5-9-18/h2-14,21H,15-16H2,1H3. The molecule has 0 saturated carbocycles. The summed E-state index contributed by atoms with van der Waals surface area (Å²) < 4.78 is 11.0. The normalized spacial score (nSPS) is 15.2. The van der Waals surface area contributed by atoms with Crippen LogP contribution < -0.4 is 9.64 Å². The molecule has 1 unspecified atom stereocenters. The van der Waals surface area contributed by atoms with Gasteiger partial charge in [-0.2, -0.15) is 0 Å². The van der Waals surface area contributed by atoms with E-state index in [4.69, 9.17) is 9.47 Å². The Hall–Kier alpha value is -3.11. The van der Waals surface area contributed by atoms with E-state index in [0.29, 0.717) is 12.2 Å². The smallest absolute Gasteiger partial charge is 0.262 e. The van der Waals surface area contributed by atoms with Gasteiger partial charge in [-0.3, -0.25) is 9.69 Å². The molecule has 1 aliphatic rings. The van der Waals surface area contributed by atoms with E-state index < -0.39 is 0 Å². The summed E-state index contributed by atoms with van der Waals surface area (Å²) in [5, 5.41) is 0. The largest absolute Gasteiger partial charge is 0.491 e. The lowest BCUT2D eigenvalue weighted by molar-refractivity contribution is 0.0999. The molecule has 3 aromatic rings. The molecule has 27 heavy (non-hydrogen) atoms. The summed E-state index contributed by atoms with van der Waals surface area (Å²) in [7, 11) is 0. The van der Waals surface area contributed by atoms with Gasteiger partial charge in [0.25, 0.3) is 5.91 Å². The molecule has 0 radical (unpaired) electrons. The molecule has 4 heteroatoms. The highest BCUT2D eigenvalue weighted by Crippen LogP contribution is 2.31. The first-order chi connectivity index (χ1) is 13.2. The number of rotatable bonds is 6. The fourth-order valence-corrected chi connectivity index (χ4v) is 2.95. The van der Waals surface area contributed by atoms with Crippen LogP contribution >= 0.6 is 0 Å². The van der Waals surface area contributed by atoms with Crippen molar-refractivity contribution in [1.29, 1.82) is 0 Å². The second-order valence-corrected chi connectivity index (χ2v) is 6.56. The number of epoxide rings is 1. The molecule has 0 aromatic heterocycles. The van der Waals surface area contributed by atoms with Crippen LogP contribution in [0, 0.1) is 6.92 Å². The molecule has 4 nitrogen and oxygen atoms in total. The molecule has 136 valence electrons. The van der Waals surface area contributed by atoms with Crippen molar-refractivity contribution >= 4 is 17.3 Å². The van der Waals surface area contributed by atoms with Gasteiger partial charge in [0.15, 0.2) is 0 Å². The quantitative estimate of drug-likeness (QED) is 0.597. The van der Waals surface area contributed by atoms with Crippen LogP contribution in [0.3, 0.4) is 0 Å². The maximum atomic E-state index is 13.2. The van der Waals surface area contributed by atoms with E-state index in [2.05, 4.69) is 0 Å². The minimum absolute atomic E-state index is 0.0683. The predicted molar refractivity (Wildman–Crippen MR) is 106 cm³/mol. The van der Waals surface area contributed by atoms with Crippen molar-refractivity contribution in [3.8, 4) is 5.75 Å². The number of anilines is 2. The second-order valence-electron chi connectivity index (χ2n) is 6.56. The van der Waals surface area contributed by atoms with Crippen LogP contribution in [-0.4, -0.2) is 25.2 Å². The van der Waals surface area contributed by atoms with Crippen LogP contribution in [0.25, 0.3) is 0 Å². The average Bonchev–Trinajstić information content (AvgIpc) is 3.53. The molecule has 0 aliphatic carbocycles. The Morgan fingerprint density at radius 2 is 1.67 bits per heavy atom. The zero-order valence-electron chi connectivity index (χ0n) is 15.2. The molecule has 4 rings (SSSR count). The van der Waals surface area contributed by atoms with Gasteiger partial charge in [-0.05, 0) is 55.0 Å². The monoisotopic (exact) mass is 359 g/mol. The van der Waals surface area contributed by atoms with Gasteiger partial charge in [0.1, 0.15) is 18.5 Å². The maximum Gasteiger partial charge on any atom is 0.262 e. The third-order valence-electron chi connectivity index (χ3n) is 4.48. The lowest BCUT2D eigenvalue weighted by atomic mass is 10.1. The Labute approximate surface area is 159 Å². The number of carbonyl (C=O) groups excluding carboxylic acids is 1. The topological polar surface area (TPSA) is 42.1 Å². The Kier molecular flexibility index (Phi) is 4.90. The minimum Gasteiger partial charge on any atom is -0.491 e. The first kappa shape index (κ1) is 17.3. The first-order valence-corrected chi connectivity index (χ1v) is 9.02. The van der Waals surface area contributed by atoms with E-state index in [1.807, 2.05) is 85.8 Å². The Balaban J connectivity index is 1.68. The van der Waals surface area contributed by atoms with Crippen LogP contribution in [0.4, 0.5) is 11.4 Å². The second kappa shape index (κ2) is 7.64. The highest BCUT2D eigenvalue weighted by molar-refractivity contribution is 6.10. The van der Waals surface area contributed by atoms with E-state index in [0.717, 1.165) is 29.3 Å². The van der Waals surface area contributed by atoms with Crippen molar-refractivity contribution in [2.24, 2.45) is 0 Å². The number of ether oxygens (including phenoxy) is 2. The van der Waals surface area contributed by atoms with Crippen molar-refractivity contribution < 1.29 is 14.3 Å². The van der Waals surface area contributed by atoms with Gasteiger partial charge in [0, 0.05) is 16.9 Å². The average molecular weight is 359 g/mol.